The minimum Gasteiger partial charge on any atom is -0.457 e. The van der Waals surface area contributed by atoms with Crippen LogP contribution in [0.4, 0.5) is 5.82 Å². The Balaban J connectivity index is 1.42. The number of imidazole rings is 1. The van der Waals surface area contributed by atoms with Crippen LogP contribution in [0.15, 0.2) is 67.0 Å². The van der Waals surface area contributed by atoms with Crippen LogP contribution in [-0.4, -0.2) is 31.2 Å². The van der Waals surface area contributed by atoms with E-state index in [1.807, 2.05) is 70.1 Å². The second-order valence-electron chi connectivity index (χ2n) is 9.05. The maximum Gasteiger partial charge on any atom is 0.299 e. The molecule has 174 valence electrons. The van der Waals surface area contributed by atoms with Crippen molar-refractivity contribution < 1.29 is 9.53 Å². The van der Waals surface area contributed by atoms with Crippen molar-refractivity contribution in [2.24, 2.45) is 5.92 Å². The van der Waals surface area contributed by atoms with E-state index in [9.17, 15) is 4.79 Å². The Kier molecular flexibility index (Phi) is 5.14. The second-order valence-corrected chi connectivity index (χ2v) is 9.05. The highest BCUT2D eigenvalue weighted by atomic mass is 16.5. The van der Waals surface area contributed by atoms with Gasteiger partial charge in [-0.3, -0.25) is 9.20 Å². The number of amides is 1. The third-order valence-electron chi connectivity index (χ3n) is 7.03. The number of fused-ring (bicyclic) bond motifs is 3. The van der Waals surface area contributed by atoms with E-state index in [2.05, 4.69) is 16.8 Å². The Morgan fingerprint density at radius 2 is 1.86 bits per heavy atom. The molecule has 1 aliphatic heterocycles. The van der Waals surface area contributed by atoms with E-state index in [-0.39, 0.29) is 18.0 Å². The number of benzene rings is 2. The summed E-state index contributed by atoms with van der Waals surface area (Å²) in [6.07, 6.45) is 6.64. The lowest BCUT2D eigenvalue weighted by molar-refractivity contribution is -0.129. The number of nitrogens with zero attached hydrogens (tertiary/aromatic N) is 4. The molecule has 6 rings (SSSR count). The number of hydrogen-bond donors (Lipinski definition) is 1. The van der Waals surface area contributed by atoms with E-state index in [4.69, 9.17) is 15.5 Å². The fourth-order valence-electron chi connectivity index (χ4n) is 5.59. The number of carbonyl (C=O) groups excluding carboxylic acids is 1. The maximum absolute atomic E-state index is 13.0. The van der Waals surface area contributed by atoms with Gasteiger partial charge in [-0.1, -0.05) is 24.1 Å². The molecule has 35 heavy (non-hydrogen) atoms. The molecule has 2 aromatic heterocycles. The zero-order valence-electron chi connectivity index (χ0n) is 19.4. The highest BCUT2D eigenvalue weighted by Crippen LogP contribution is 2.50. The summed E-state index contributed by atoms with van der Waals surface area (Å²) in [5, 5.41) is 0. The minimum atomic E-state index is -0.133. The molecule has 7 heteroatoms. The molecule has 1 aliphatic carbocycles. The normalized spacial score (nSPS) is 20.6. The summed E-state index contributed by atoms with van der Waals surface area (Å²) >= 11 is 0. The van der Waals surface area contributed by atoms with Gasteiger partial charge in [0.1, 0.15) is 34.4 Å². The van der Waals surface area contributed by atoms with E-state index in [0.717, 1.165) is 53.4 Å². The van der Waals surface area contributed by atoms with Gasteiger partial charge in [0.15, 0.2) is 0 Å². The van der Waals surface area contributed by atoms with Gasteiger partial charge in [0.25, 0.3) is 5.91 Å². The third kappa shape index (κ3) is 3.58. The van der Waals surface area contributed by atoms with Crippen molar-refractivity contribution in [2.45, 2.75) is 38.3 Å². The van der Waals surface area contributed by atoms with Gasteiger partial charge < -0.3 is 15.4 Å². The van der Waals surface area contributed by atoms with Crippen molar-refractivity contribution in [1.29, 1.82) is 0 Å². The van der Waals surface area contributed by atoms with Crippen molar-refractivity contribution in [2.75, 3.05) is 5.73 Å². The average molecular weight is 464 g/mol. The van der Waals surface area contributed by atoms with E-state index in [1.54, 1.807) is 13.1 Å². The summed E-state index contributed by atoms with van der Waals surface area (Å²) in [6.45, 7) is 1.70. The predicted molar refractivity (Wildman–Crippen MR) is 134 cm³/mol. The van der Waals surface area contributed by atoms with E-state index in [0.29, 0.717) is 11.7 Å². The first-order valence-corrected chi connectivity index (χ1v) is 11.8. The van der Waals surface area contributed by atoms with Gasteiger partial charge in [0, 0.05) is 24.0 Å². The minimum absolute atomic E-state index is 0.132. The fourth-order valence-corrected chi connectivity index (χ4v) is 5.59. The summed E-state index contributed by atoms with van der Waals surface area (Å²) in [5.41, 5.74) is 8.75. The second kappa shape index (κ2) is 8.48. The molecule has 0 radical (unpaired) electrons. The summed E-state index contributed by atoms with van der Waals surface area (Å²) in [4.78, 5) is 24.3. The Labute approximate surface area is 203 Å². The number of para-hydroxylation sites is 1. The van der Waals surface area contributed by atoms with Crippen molar-refractivity contribution in [1.82, 2.24) is 19.3 Å². The zero-order valence-corrected chi connectivity index (χ0v) is 19.4. The molecule has 1 saturated heterocycles. The fraction of sp³-hybridized carbons (Fsp3) is 0.250. The van der Waals surface area contributed by atoms with Crippen LogP contribution in [0.3, 0.4) is 0 Å². The largest absolute Gasteiger partial charge is 0.457 e. The Hall–Kier alpha value is -4.31. The summed E-state index contributed by atoms with van der Waals surface area (Å²) < 4.78 is 7.94. The van der Waals surface area contributed by atoms with Crippen LogP contribution in [0.5, 0.6) is 11.5 Å². The SMILES string of the molecule is CC#CC(=O)N1C(c2nc(-c3ccc(Oc4ccccc4)cc3)c3c(N)nccn23)[C@H]2CC[C@@H]1C2. The van der Waals surface area contributed by atoms with Crippen molar-refractivity contribution in [3.05, 3.63) is 72.8 Å². The Morgan fingerprint density at radius 3 is 2.63 bits per heavy atom. The molecule has 4 aromatic rings. The number of piperidine rings is 1. The van der Waals surface area contributed by atoms with Crippen LogP contribution in [0.1, 0.15) is 38.1 Å². The molecule has 3 heterocycles. The van der Waals surface area contributed by atoms with Crippen molar-refractivity contribution in [3.8, 4) is 34.6 Å². The van der Waals surface area contributed by atoms with Gasteiger partial charge in [0.05, 0.1) is 6.04 Å². The summed E-state index contributed by atoms with van der Waals surface area (Å²) in [7, 11) is 0. The molecule has 1 amide bonds. The number of anilines is 1. The molecule has 2 bridgehead atoms. The Morgan fingerprint density at radius 1 is 1.09 bits per heavy atom. The number of rotatable bonds is 4. The lowest BCUT2D eigenvalue weighted by atomic mass is 9.98. The van der Waals surface area contributed by atoms with Crippen LogP contribution in [-0.2, 0) is 4.79 Å². The number of carbonyl (C=O) groups is 1. The molecule has 3 atom stereocenters. The zero-order chi connectivity index (χ0) is 23.9. The lowest BCUT2D eigenvalue weighted by Gasteiger charge is -2.33. The van der Waals surface area contributed by atoms with Crippen LogP contribution in [0.2, 0.25) is 0 Å². The van der Waals surface area contributed by atoms with Gasteiger partial charge >= 0.3 is 0 Å². The topological polar surface area (TPSA) is 85.8 Å². The van der Waals surface area contributed by atoms with Crippen LogP contribution in [0, 0.1) is 17.8 Å². The first-order valence-electron chi connectivity index (χ1n) is 11.8. The third-order valence-corrected chi connectivity index (χ3v) is 7.03. The van der Waals surface area contributed by atoms with E-state index in [1.165, 1.54) is 0 Å². The van der Waals surface area contributed by atoms with E-state index >= 15 is 0 Å². The number of nitrogen functional groups attached to an aromatic ring is 1. The lowest BCUT2D eigenvalue weighted by Crippen LogP contribution is -2.40. The molecule has 0 spiro atoms. The maximum atomic E-state index is 13.0. The van der Waals surface area contributed by atoms with Gasteiger partial charge in [-0.05, 0) is 74.4 Å². The number of hydrogen-bond acceptors (Lipinski definition) is 5. The van der Waals surface area contributed by atoms with Gasteiger partial charge in [-0.2, -0.15) is 0 Å². The van der Waals surface area contributed by atoms with Gasteiger partial charge in [0.2, 0.25) is 0 Å². The average Bonchev–Trinajstić information content (AvgIpc) is 3.59. The summed E-state index contributed by atoms with van der Waals surface area (Å²) in [6, 6.07) is 17.5. The van der Waals surface area contributed by atoms with Crippen LogP contribution < -0.4 is 10.5 Å². The summed E-state index contributed by atoms with van der Waals surface area (Å²) in [5.74, 6) is 8.46. The highest BCUT2D eigenvalue weighted by Gasteiger charge is 2.50. The number of ether oxygens (including phenoxy) is 1. The molecule has 2 aliphatic rings. The number of aromatic nitrogens is 3. The molecule has 7 nitrogen and oxygen atoms in total. The van der Waals surface area contributed by atoms with Crippen LogP contribution in [0.25, 0.3) is 16.8 Å². The number of nitrogens with two attached hydrogens (primary N) is 1. The smallest absolute Gasteiger partial charge is 0.299 e. The van der Waals surface area contributed by atoms with E-state index < -0.39 is 0 Å². The first-order chi connectivity index (χ1) is 17.1. The molecule has 2 N–H and O–H groups in total. The van der Waals surface area contributed by atoms with Crippen molar-refractivity contribution >= 4 is 17.2 Å². The highest BCUT2D eigenvalue weighted by molar-refractivity contribution is 5.94. The standard InChI is InChI=1S/C28H25N5O2/c1-2-6-23(34)33-20-12-9-19(17-20)25(33)28-31-24(26-27(29)30-15-16-32(26)28)18-10-13-22(14-11-18)35-21-7-4-3-5-8-21/h3-5,7-8,10-11,13-16,19-20,25H,9,12,17H2,1H3,(H2,29,30)/t19-,20+,25?/m0/s1. The monoisotopic (exact) mass is 463 g/mol. The molecular formula is C28H25N5O2. The molecule has 2 aromatic carbocycles. The first kappa shape index (κ1) is 21.2. The predicted octanol–water partition coefficient (Wildman–Crippen LogP) is 4.85. The quantitative estimate of drug-likeness (QED) is 0.438. The number of likely N-dealkylation sites (tertiary alicyclic amines) is 1. The molecule has 1 unspecified atom stereocenters. The molecular weight excluding hydrogens is 438 g/mol. The van der Waals surface area contributed by atoms with Crippen LogP contribution >= 0.6 is 0 Å². The van der Waals surface area contributed by atoms with Crippen molar-refractivity contribution in [3.63, 3.8) is 0 Å². The Bertz CT molecular complexity index is 1470. The van der Waals surface area contributed by atoms with Gasteiger partial charge in [-0.25, -0.2) is 9.97 Å². The molecule has 1 saturated carbocycles. The van der Waals surface area contributed by atoms with Gasteiger partial charge in [-0.15, -0.1) is 0 Å². The molecule has 2 fully saturated rings.